The Bertz CT molecular complexity index is 524. The summed E-state index contributed by atoms with van der Waals surface area (Å²) in [5.41, 5.74) is 0.262. The molecule has 1 atom stereocenters. The zero-order valence-corrected chi connectivity index (χ0v) is 10.4. The second kappa shape index (κ2) is 5.65. The number of anilines is 1. The van der Waals surface area contributed by atoms with E-state index in [2.05, 4.69) is 5.32 Å². The summed E-state index contributed by atoms with van der Waals surface area (Å²) in [6.07, 6.45) is 2.65. The van der Waals surface area contributed by atoms with E-state index in [0.717, 1.165) is 12.8 Å². The lowest BCUT2D eigenvalue weighted by molar-refractivity contribution is -0.132. The van der Waals surface area contributed by atoms with Crippen LogP contribution in [-0.4, -0.2) is 22.8 Å². The molecule has 0 bridgehead atoms. The van der Waals surface area contributed by atoms with Crippen LogP contribution < -0.4 is 5.32 Å². The van der Waals surface area contributed by atoms with Crippen molar-refractivity contribution in [2.45, 2.75) is 25.7 Å². The van der Waals surface area contributed by atoms with Gasteiger partial charge in [0.05, 0.1) is 17.2 Å². The smallest absolute Gasteiger partial charge is 0.337 e. The van der Waals surface area contributed by atoms with E-state index in [1.807, 2.05) is 0 Å². The molecule has 0 heterocycles. The maximum atomic E-state index is 12.0. The standard InChI is InChI=1S/C14H15NO4/c16-12-8-4-2-6-10(12)13(17)15-11-7-3-1-5-9(11)14(18)19/h1,3,5,7,10H,2,4,6,8H2,(H,15,17)(H,18,19). The molecule has 1 aromatic carbocycles. The number of carbonyl (C=O) groups is 3. The molecule has 1 unspecified atom stereocenters. The minimum atomic E-state index is -1.11. The van der Waals surface area contributed by atoms with Crippen LogP contribution in [0, 0.1) is 5.92 Å². The van der Waals surface area contributed by atoms with Crippen molar-refractivity contribution in [1.29, 1.82) is 0 Å². The first-order valence-electron chi connectivity index (χ1n) is 6.25. The van der Waals surface area contributed by atoms with Crippen molar-refractivity contribution in [3.8, 4) is 0 Å². The van der Waals surface area contributed by atoms with Crippen LogP contribution in [0.4, 0.5) is 5.69 Å². The van der Waals surface area contributed by atoms with Gasteiger partial charge in [-0.05, 0) is 25.0 Å². The van der Waals surface area contributed by atoms with Crippen LogP contribution in [-0.2, 0) is 9.59 Å². The summed E-state index contributed by atoms with van der Waals surface area (Å²) >= 11 is 0. The molecule has 0 saturated heterocycles. The summed E-state index contributed by atoms with van der Waals surface area (Å²) in [5, 5.41) is 11.6. The molecule has 1 aromatic rings. The second-order valence-corrected chi connectivity index (χ2v) is 4.60. The average molecular weight is 261 g/mol. The maximum Gasteiger partial charge on any atom is 0.337 e. The Hall–Kier alpha value is -2.17. The Morgan fingerprint density at radius 3 is 2.63 bits per heavy atom. The number of amides is 1. The third-order valence-electron chi connectivity index (χ3n) is 3.29. The molecule has 100 valence electrons. The van der Waals surface area contributed by atoms with Crippen molar-refractivity contribution >= 4 is 23.3 Å². The Morgan fingerprint density at radius 1 is 1.21 bits per heavy atom. The highest BCUT2D eigenvalue weighted by Gasteiger charge is 2.29. The van der Waals surface area contributed by atoms with Gasteiger partial charge in [-0.3, -0.25) is 9.59 Å². The molecular formula is C14H15NO4. The lowest BCUT2D eigenvalue weighted by Crippen LogP contribution is -2.32. The van der Waals surface area contributed by atoms with Crippen molar-refractivity contribution < 1.29 is 19.5 Å². The van der Waals surface area contributed by atoms with E-state index in [1.54, 1.807) is 12.1 Å². The number of benzene rings is 1. The van der Waals surface area contributed by atoms with Crippen LogP contribution in [0.2, 0.25) is 0 Å². The van der Waals surface area contributed by atoms with Gasteiger partial charge in [0.1, 0.15) is 5.78 Å². The number of hydrogen-bond donors (Lipinski definition) is 2. The molecule has 1 aliphatic rings. The highest BCUT2D eigenvalue weighted by atomic mass is 16.4. The SMILES string of the molecule is O=C(O)c1ccccc1NC(=O)C1CCCCC1=O. The number of carbonyl (C=O) groups excluding carboxylic acids is 2. The van der Waals surface area contributed by atoms with E-state index in [0.29, 0.717) is 12.8 Å². The topological polar surface area (TPSA) is 83.5 Å². The predicted octanol–water partition coefficient (Wildman–Crippen LogP) is 2.08. The normalized spacial score (nSPS) is 18.9. The van der Waals surface area contributed by atoms with Gasteiger partial charge < -0.3 is 10.4 Å². The van der Waals surface area contributed by atoms with Crippen LogP contribution in [0.1, 0.15) is 36.0 Å². The van der Waals surface area contributed by atoms with Gasteiger partial charge in [-0.15, -0.1) is 0 Å². The van der Waals surface area contributed by atoms with E-state index >= 15 is 0 Å². The summed E-state index contributed by atoms with van der Waals surface area (Å²) in [7, 11) is 0. The molecule has 2 rings (SSSR count). The first kappa shape index (κ1) is 13.3. The monoisotopic (exact) mass is 261 g/mol. The fraction of sp³-hybridized carbons (Fsp3) is 0.357. The Morgan fingerprint density at radius 2 is 1.95 bits per heavy atom. The molecule has 1 saturated carbocycles. The summed E-state index contributed by atoms with van der Waals surface area (Å²) < 4.78 is 0. The van der Waals surface area contributed by atoms with Gasteiger partial charge >= 0.3 is 5.97 Å². The molecule has 1 aliphatic carbocycles. The molecule has 0 spiro atoms. The molecule has 0 radical (unpaired) electrons. The Balaban J connectivity index is 2.14. The van der Waals surface area contributed by atoms with Crippen molar-refractivity contribution in [3.63, 3.8) is 0 Å². The van der Waals surface area contributed by atoms with Crippen LogP contribution in [0.5, 0.6) is 0 Å². The number of para-hydroxylation sites is 1. The maximum absolute atomic E-state index is 12.0. The molecule has 1 fully saturated rings. The molecule has 0 aliphatic heterocycles. The van der Waals surface area contributed by atoms with Gasteiger partial charge in [0.25, 0.3) is 0 Å². The minimum Gasteiger partial charge on any atom is -0.478 e. The number of carboxylic acids is 1. The highest BCUT2D eigenvalue weighted by molar-refractivity contribution is 6.09. The van der Waals surface area contributed by atoms with E-state index in [-0.39, 0.29) is 17.0 Å². The number of rotatable bonds is 3. The summed E-state index contributed by atoms with van der Waals surface area (Å²) in [6, 6.07) is 6.17. The second-order valence-electron chi connectivity index (χ2n) is 4.60. The third kappa shape index (κ3) is 2.99. The van der Waals surface area contributed by atoms with Crippen LogP contribution in [0.15, 0.2) is 24.3 Å². The summed E-state index contributed by atoms with van der Waals surface area (Å²) in [6.45, 7) is 0. The molecule has 2 N–H and O–H groups in total. The molecule has 5 heteroatoms. The molecule has 1 amide bonds. The number of hydrogen-bond acceptors (Lipinski definition) is 3. The van der Waals surface area contributed by atoms with Gasteiger partial charge in [-0.2, -0.15) is 0 Å². The van der Waals surface area contributed by atoms with Crippen molar-refractivity contribution in [2.24, 2.45) is 5.92 Å². The van der Waals surface area contributed by atoms with Gasteiger partial charge in [0, 0.05) is 6.42 Å². The van der Waals surface area contributed by atoms with Crippen molar-refractivity contribution in [1.82, 2.24) is 0 Å². The molecule has 19 heavy (non-hydrogen) atoms. The van der Waals surface area contributed by atoms with E-state index in [4.69, 9.17) is 5.11 Å². The molecular weight excluding hydrogens is 246 g/mol. The number of ketones is 1. The Kier molecular flexibility index (Phi) is 3.94. The molecule has 5 nitrogen and oxygen atoms in total. The lowest BCUT2D eigenvalue weighted by atomic mass is 9.87. The largest absolute Gasteiger partial charge is 0.478 e. The van der Waals surface area contributed by atoms with Crippen molar-refractivity contribution in [3.05, 3.63) is 29.8 Å². The highest BCUT2D eigenvalue weighted by Crippen LogP contribution is 2.23. The first-order valence-corrected chi connectivity index (χ1v) is 6.25. The minimum absolute atomic E-state index is 0.0270. The van der Waals surface area contributed by atoms with Gasteiger partial charge in [-0.1, -0.05) is 18.6 Å². The predicted molar refractivity (Wildman–Crippen MR) is 69.0 cm³/mol. The van der Waals surface area contributed by atoms with E-state index in [9.17, 15) is 14.4 Å². The summed E-state index contributed by atoms with van der Waals surface area (Å²) in [5.74, 6) is -2.21. The number of nitrogens with one attached hydrogen (secondary N) is 1. The first-order chi connectivity index (χ1) is 9.09. The summed E-state index contributed by atoms with van der Waals surface area (Å²) in [4.78, 5) is 34.7. The van der Waals surface area contributed by atoms with E-state index in [1.165, 1.54) is 12.1 Å². The number of Topliss-reactive ketones (excluding diaryl/α,β-unsaturated/α-hetero) is 1. The van der Waals surface area contributed by atoms with E-state index < -0.39 is 17.8 Å². The number of aromatic carboxylic acids is 1. The average Bonchev–Trinajstić information content (AvgIpc) is 2.39. The quantitative estimate of drug-likeness (QED) is 0.816. The van der Waals surface area contributed by atoms with Crippen molar-refractivity contribution in [2.75, 3.05) is 5.32 Å². The molecule has 0 aromatic heterocycles. The number of carboxylic acid groups (broad SMARTS) is 1. The van der Waals surface area contributed by atoms with Gasteiger partial charge in [0.2, 0.25) is 5.91 Å². The van der Waals surface area contributed by atoms with Crippen LogP contribution >= 0.6 is 0 Å². The fourth-order valence-corrected chi connectivity index (χ4v) is 2.26. The van der Waals surface area contributed by atoms with Crippen LogP contribution in [0.3, 0.4) is 0 Å². The Labute approximate surface area is 110 Å². The fourth-order valence-electron chi connectivity index (χ4n) is 2.26. The third-order valence-corrected chi connectivity index (χ3v) is 3.29. The van der Waals surface area contributed by atoms with Crippen LogP contribution in [0.25, 0.3) is 0 Å². The van der Waals surface area contributed by atoms with Gasteiger partial charge in [0.15, 0.2) is 0 Å². The zero-order valence-electron chi connectivity index (χ0n) is 10.4. The zero-order chi connectivity index (χ0) is 13.8. The lowest BCUT2D eigenvalue weighted by Gasteiger charge is -2.20. The van der Waals surface area contributed by atoms with Gasteiger partial charge in [-0.25, -0.2) is 4.79 Å².